The van der Waals surface area contributed by atoms with Crippen molar-refractivity contribution in [3.05, 3.63) is 51.8 Å². The van der Waals surface area contributed by atoms with Gasteiger partial charge in [-0.1, -0.05) is 56.4 Å². The second-order valence-electron chi connectivity index (χ2n) is 17.2. The monoisotopic (exact) mass is 839 g/mol. The fourth-order valence-electron chi connectivity index (χ4n) is 9.80. The van der Waals surface area contributed by atoms with Gasteiger partial charge in [-0.25, -0.2) is 13.2 Å². The summed E-state index contributed by atoms with van der Waals surface area (Å²) >= 11 is 6.35. The second-order valence-corrected chi connectivity index (χ2v) is 19.6. The van der Waals surface area contributed by atoms with Gasteiger partial charge in [0.15, 0.2) is 5.88 Å². The number of ether oxygens (including phenoxy) is 2. The standard InChI is InChI=1S/C42H54ClN5O9S/c1-2-28-23-42(28,40(52)46-58(54,55)31-16-17-31)45-37(49)33-22-30-24-48(33)39(51)36(26-11-5-3-6-12-26)44-41(53)57-34-14-9-13-25(34)10-7-4-8-19-47-35(56-30)21-27-20-29(43)15-18-32(27)38(47)50/h4,7,15,18,20-21,25-26,28,30-31,33-34,36H,2-3,5-6,8-14,16-17,19,22-24H2,1H3,(H,44,53)(H,45,49)(H,46,52)/t25-,28-,30-,33+,34-,36+,42-/m1/s1. The normalized spacial score (nSPS) is 30.9. The summed E-state index contributed by atoms with van der Waals surface area (Å²) in [5, 5.41) is 6.74. The molecule has 16 heteroatoms. The van der Waals surface area contributed by atoms with Crippen molar-refractivity contribution in [3.8, 4) is 5.88 Å². The lowest BCUT2D eigenvalue weighted by Crippen LogP contribution is -2.59. The summed E-state index contributed by atoms with van der Waals surface area (Å²) in [6, 6.07) is 4.69. The van der Waals surface area contributed by atoms with E-state index >= 15 is 0 Å². The zero-order valence-electron chi connectivity index (χ0n) is 33.0. The molecule has 1 saturated heterocycles. The summed E-state index contributed by atoms with van der Waals surface area (Å²) < 4.78 is 42.2. The zero-order valence-corrected chi connectivity index (χ0v) is 34.5. The van der Waals surface area contributed by atoms with Gasteiger partial charge in [-0.2, -0.15) is 0 Å². The molecule has 2 bridgehead atoms. The minimum atomic E-state index is -3.89. The van der Waals surface area contributed by atoms with E-state index in [1.807, 2.05) is 13.0 Å². The largest absolute Gasteiger partial charge is 0.473 e. The van der Waals surface area contributed by atoms with Crippen LogP contribution in [0.15, 0.2) is 41.2 Å². The maximum atomic E-state index is 15.0. The van der Waals surface area contributed by atoms with Crippen LogP contribution in [0, 0.1) is 17.8 Å². The molecule has 2 aliphatic heterocycles. The first-order chi connectivity index (χ1) is 27.9. The highest BCUT2D eigenvalue weighted by Gasteiger charge is 2.62. The third-order valence-corrected chi connectivity index (χ3v) is 15.4. The minimum Gasteiger partial charge on any atom is -0.473 e. The van der Waals surface area contributed by atoms with Crippen LogP contribution in [-0.2, 0) is 35.7 Å². The Morgan fingerprint density at radius 2 is 1.74 bits per heavy atom. The van der Waals surface area contributed by atoms with E-state index in [1.165, 1.54) is 4.90 Å². The molecule has 4 amide bonds. The number of benzene rings is 1. The molecule has 6 aliphatic rings. The van der Waals surface area contributed by atoms with Crippen molar-refractivity contribution < 1.29 is 37.1 Å². The number of hydrogen-bond acceptors (Lipinski definition) is 9. The highest BCUT2D eigenvalue weighted by atomic mass is 35.5. The third-order valence-electron chi connectivity index (χ3n) is 13.4. The number of sulfonamides is 1. The number of amides is 4. The number of carbonyl (C=O) groups is 4. The molecule has 1 aromatic heterocycles. The summed E-state index contributed by atoms with van der Waals surface area (Å²) in [6.07, 6.45) is 12.1. The van der Waals surface area contributed by atoms with Crippen LogP contribution in [0.3, 0.4) is 0 Å². The van der Waals surface area contributed by atoms with Crippen LogP contribution in [0.25, 0.3) is 10.8 Å². The second kappa shape index (κ2) is 16.5. The number of alkyl carbamates (subject to hydrolysis) is 1. The van der Waals surface area contributed by atoms with Gasteiger partial charge in [-0.3, -0.25) is 28.5 Å². The number of carbonyl (C=O) groups excluding carboxylic acids is 4. The number of pyridine rings is 1. The third kappa shape index (κ3) is 8.35. The van der Waals surface area contributed by atoms with E-state index in [1.54, 1.807) is 28.8 Å². The molecule has 4 saturated carbocycles. The average molecular weight is 840 g/mol. The van der Waals surface area contributed by atoms with Crippen molar-refractivity contribution in [1.82, 2.24) is 24.8 Å². The van der Waals surface area contributed by atoms with E-state index in [-0.39, 0.29) is 54.7 Å². The lowest BCUT2D eigenvalue weighted by atomic mass is 9.83. The van der Waals surface area contributed by atoms with Gasteiger partial charge in [0.1, 0.15) is 29.8 Å². The highest BCUT2D eigenvalue weighted by molar-refractivity contribution is 7.91. The lowest BCUT2D eigenvalue weighted by molar-refractivity contribution is -0.142. The Bertz CT molecular complexity index is 2150. The summed E-state index contributed by atoms with van der Waals surface area (Å²) in [7, 11) is -3.89. The van der Waals surface area contributed by atoms with Gasteiger partial charge in [0.2, 0.25) is 21.8 Å². The number of aromatic nitrogens is 1. The van der Waals surface area contributed by atoms with Crippen LogP contribution in [-0.4, -0.2) is 83.3 Å². The Labute approximate surface area is 343 Å². The number of nitrogens with zero attached hydrogens (tertiary/aromatic N) is 2. The lowest BCUT2D eigenvalue weighted by Gasteiger charge is -2.35. The van der Waals surface area contributed by atoms with E-state index in [9.17, 15) is 32.4 Å². The SMILES string of the molecule is CC[C@@H]1C[C@]1(NC(=O)[C@@H]1C[C@@H]2CN1C(=O)[C@H](C1CCCCC1)NC(=O)O[C@@H]1CCC[C@H]1CC=CCCn1c(cc3cc(Cl)ccc3c1=O)O2)C(=O)NS(=O)(=O)C1CC1. The zero-order chi connectivity index (χ0) is 40.8. The first-order valence-corrected chi connectivity index (χ1v) is 23.1. The molecule has 3 N–H and O–H groups in total. The Hall–Kier alpha value is -4.11. The van der Waals surface area contributed by atoms with Crippen molar-refractivity contribution in [2.45, 2.75) is 145 Å². The molecule has 314 valence electrons. The highest BCUT2D eigenvalue weighted by Crippen LogP contribution is 2.47. The van der Waals surface area contributed by atoms with Crippen LogP contribution < -0.4 is 25.7 Å². The van der Waals surface area contributed by atoms with Crippen LogP contribution in [0.4, 0.5) is 4.79 Å². The van der Waals surface area contributed by atoms with Gasteiger partial charge < -0.3 is 25.0 Å². The predicted molar refractivity (Wildman–Crippen MR) is 217 cm³/mol. The molecule has 0 radical (unpaired) electrons. The van der Waals surface area contributed by atoms with E-state index in [2.05, 4.69) is 21.4 Å². The Kier molecular flexibility index (Phi) is 11.6. The topological polar surface area (TPSA) is 182 Å². The molecule has 2 aromatic rings. The van der Waals surface area contributed by atoms with E-state index in [4.69, 9.17) is 21.1 Å². The quantitative estimate of drug-likeness (QED) is 0.320. The van der Waals surface area contributed by atoms with Crippen molar-refractivity contribution >= 4 is 56.2 Å². The fraction of sp³-hybridized carbons (Fsp3) is 0.643. The smallest absolute Gasteiger partial charge is 0.408 e. The molecule has 3 heterocycles. The Balaban J connectivity index is 1.15. The molecule has 0 spiro atoms. The fourth-order valence-corrected chi connectivity index (χ4v) is 11.3. The number of nitrogens with one attached hydrogen (secondary N) is 3. The first kappa shape index (κ1) is 40.7. The number of allylic oxidation sites excluding steroid dienone is 2. The molecule has 14 nitrogen and oxygen atoms in total. The van der Waals surface area contributed by atoms with Crippen LogP contribution in [0.5, 0.6) is 5.88 Å². The molecule has 58 heavy (non-hydrogen) atoms. The maximum absolute atomic E-state index is 15.0. The van der Waals surface area contributed by atoms with E-state index in [0.29, 0.717) is 67.3 Å². The molecule has 0 unspecified atom stereocenters. The van der Waals surface area contributed by atoms with Crippen molar-refractivity contribution in [2.24, 2.45) is 17.8 Å². The van der Waals surface area contributed by atoms with Crippen LogP contribution >= 0.6 is 11.6 Å². The van der Waals surface area contributed by atoms with Crippen LogP contribution in [0.2, 0.25) is 5.02 Å². The van der Waals surface area contributed by atoms with Gasteiger partial charge in [0, 0.05) is 29.4 Å². The molecule has 4 aliphatic carbocycles. The van der Waals surface area contributed by atoms with Gasteiger partial charge in [0.05, 0.1) is 11.8 Å². The van der Waals surface area contributed by atoms with Gasteiger partial charge in [0.25, 0.3) is 11.5 Å². The maximum Gasteiger partial charge on any atom is 0.408 e. The van der Waals surface area contributed by atoms with E-state index < -0.39 is 62.8 Å². The average Bonchev–Trinajstić information content (AvgIpc) is 4.09. The molecule has 8 rings (SSSR count). The van der Waals surface area contributed by atoms with Gasteiger partial charge >= 0.3 is 6.09 Å². The predicted octanol–water partition coefficient (Wildman–Crippen LogP) is 5.09. The molecular formula is C42H54ClN5O9S. The summed E-state index contributed by atoms with van der Waals surface area (Å²) in [4.78, 5) is 72.4. The van der Waals surface area contributed by atoms with Crippen LogP contribution in [0.1, 0.15) is 103 Å². The van der Waals surface area contributed by atoms with Gasteiger partial charge in [-0.05, 0) is 106 Å². The van der Waals surface area contributed by atoms with Crippen molar-refractivity contribution in [2.75, 3.05) is 6.54 Å². The molecule has 5 fully saturated rings. The summed E-state index contributed by atoms with van der Waals surface area (Å²) in [5.74, 6) is -1.97. The van der Waals surface area contributed by atoms with Crippen molar-refractivity contribution in [3.63, 3.8) is 0 Å². The first-order valence-electron chi connectivity index (χ1n) is 21.2. The Morgan fingerprint density at radius 3 is 2.48 bits per heavy atom. The molecule has 7 atom stereocenters. The molecule has 1 aromatic carbocycles. The summed E-state index contributed by atoms with van der Waals surface area (Å²) in [6.45, 7) is 2.13. The Morgan fingerprint density at radius 1 is 0.966 bits per heavy atom. The van der Waals surface area contributed by atoms with E-state index in [0.717, 1.165) is 38.5 Å². The number of fused-ring (bicyclic) bond motifs is 5. The number of rotatable bonds is 7. The summed E-state index contributed by atoms with van der Waals surface area (Å²) in [5.41, 5.74) is -1.72. The van der Waals surface area contributed by atoms with Crippen molar-refractivity contribution in [1.29, 1.82) is 0 Å². The van der Waals surface area contributed by atoms with Gasteiger partial charge in [-0.15, -0.1) is 0 Å². The number of halogens is 1. The number of hydrogen-bond donors (Lipinski definition) is 3. The minimum absolute atomic E-state index is 0.0136. The molecular weight excluding hydrogens is 786 g/mol.